The van der Waals surface area contributed by atoms with E-state index < -0.39 is 12.1 Å². The van der Waals surface area contributed by atoms with Gasteiger partial charge in [-0.1, -0.05) is 42.5 Å². The predicted octanol–water partition coefficient (Wildman–Crippen LogP) is 4.24. The molecule has 2 aliphatic heterocycles. The van der Waals surface area contributed by atoms with Gasteiger partial charge in [0.2, 0.25) is 6.10 Å². The van der Waals surface area contributed by atoms with Crippen molar-refractivity contribution in [3.8, 4) is 5.69 Å². The van der Waals surface area contributed by atoms with Crippen molar-refractivity contribution in [3.05, 3.63) is 90.3 Å². The van der Waals surface area contributed by atoms with Gasteiger partial charge in [0.25, 0.3) is 11.8 Å². The van der Waals surface area contributed by atoms with Crippen LogP contribution in [0.1, 0.15) is 48.2 Å². The Bertz CT molecular complexity index is 1230. The van der Waals surface area contributed by atoms with Crippen LogP contribution in [0.3, 0.4) is 0 Å². The Labute approximate surface area is 211 Å². The molecule has 1 unspecified atom stereocenters. The first-order valence-electron chi connectivity index (χ1n) is 12.5. The molecule has 1 aromatic heterocycles. The molecular weight excluding hydrogens is 454 g/mol. The Balaban J connectivity index is 1.25. The van der Waals surface area contributed by atoms with E-state index in [2.05, 4.69) is 0 Å². The lowest BCUT2D eigenvalue weighted by atomic mass is 9.77. The minimum absolute atomic E-state index is 0.0101. The van der Waals surface area contributed by atoms with Gasteiger partial charge < -0.3 is 19.1 Å². The number of hydrogen-bond acceptors (Lipinski definition) is 4. The van der Waals surface area contributed by atoms with E-state index in [0.29, 0.717) is 37.3 Å². The second-order valence-corrected chi connectivity index (χ2v) is 9.81. The Hall–Kier alpha value is -3.87. The van der Waals surface area contributed by atoms with Crippen molar-refractivity contribution in [3.63, 3.8) is 0 Å². The van der Waals surface area contributed by atoms with E-state index in [1.165, 1.54) is 6.92 Å². The van der Waals surface area contributed by atoms with Gasteiger partial charge in [-0.2, -0.15) is 0 Å². The number of benzene rings is 2. The monoisotopic (exact) mass is 485 g/mol. The third-order valence-electron chi connectivity index (χ3n) is 7.49. The smallest absolute Gasteiger partial charge is 0.303 e. The molecule has 0 radical (unpaired) electrons. The van der Waals surface area contributed by atoms with Gasteiger partial charge in [0.05, 0.1) is 11.3 Å². The van der Waals surface area contributed by atoms with Crippen LogP contribution in [0.25, 0.3) is 5.69 Å². The first-order chi connectivity index (χ1) is 17.5. The molecule has 2 aromatic carbocycles. The number of ether oxygens (including phenoxy) is 1. The fourth-order valence-corrected chi connectivity index (χ4v) is 5.48. The highest BCUT2D eigenvalue weighted by molar-refractivity contribution is 5.98. The number of nitrogens with zero attached hydrogens (tertiary/aromatic N) is 3. The van der Waals surface area contributed by atoms with Crippen molar-refractivity contribution >= 4 is 17.8 Å². The van der Waals surface area contributed by atoms with E-state index in [-0.39, 0.29) is 17.2 Å². The number of likely N-dealkylation sites (tertiary alicyclic amines) is 2. The lowest BCUT2D eigenvalue weighted by Crippen LogP contribution is -2.45. The van der Waals surface area contributed by atoms with Gasteiger partial charge in [-0.3, -0.25) is 14.4 Å². The molecule has 186 valence electrons. The fourth-order valence-electron chi connectivity index (χ4n) is 5.48. The number of esters is 1. The highest BCUT2D eigenvalue weighted by Crippen LogP contribution is 2.41. The number of aromatic nitrogens is 1. The number of hydrogen-bond donors (Lipinski definition) is 0. The third kappa shape index (κ3) is 4.78. The van der Waals surface area contributed by atoms with Crippen LogP contribution in [0.4, 0.5) is 0 Å². The number of para-hydroxylation sites is 1. The zero-order valence-corrected chi connectivity index (χ0v) is 20.5. The van der Waals surface area contributed by atoms with Crippen molar-refractivity contribution < 1.29 is 19.1 Å². The molecule has 0 bridgehead atoms. The predicted molar refractivity (Wildman–Crippen MR) is 135 cm³/mol. The lowest BCUT2D eigenvalue weighted by Gasteiger charge is -2.39. The van der Waals surface area contributed by atoms with E-state index in [1.54, 1.807) is 0 Å². The zero-order chi connectivity index (χ0) is 25.1. The Morgan fingerprint density at radius 3 is 2.08 bits per heavy atom. The van der Waals surface area contributed by atoms with Crippen molar-refractivity contribution in [2.75, 3.05) is 26.2 Å². The summed E-state index contributed by atoms with van der Waals surface area (Å²) in [7, 11) is 0. The molecule has 2 fully saturated rings. The summed E-state index contributed by atoms with van der Waals surface area (Å²) in [6.07, 6.45) is 5.54. The van der Waals surface area contributed by atoms with Gasteiger partial charge in [0.1, 0.15) is 0 Å². The Morgan fingerprint density at radius 2 is 1.42 bits per heavy atom. The van der Waals surface area contributed by atoms with Crippen molar-refractivity contribution in [2.24, 2.45) is 5.41 Å². The summed E-state index contributed by atoms with van der Waals surface area (Å²) in [5.74, 6) is -0.607. The maximum Gasteiger partial charge on any atom is 0.303 e. The van der Waals surface area contributed by atoms with Crippen LogP contribution in [0.2, 0.25) is 0 Å². The molecule has 0 N–H and O–H groups in total. The highest BCUT2D eigenvalue weighted by atomic mass is 16.5. The molecule has 0 saturated carbocycles. The molecule has 5 rings (SSSR count). The maximum atomic E-state index is 13.4. The summed E-state index contributed by atoms with van der Waals surface area (Å²) in [5, 5.41) is 0. The molecule has 2 saturated heterocycles. The van der Waals surface area contributed by atoms with Gasteiger partial charge in [-0.25, -0.2) is 0 Å². The summed E-state index contributed by atoms with van der Waals surface area (Å²) in [6.45, 7) is 3.90. The van der Waals surface area contributed by atoms with Crippen LogP contribution in [0.15, 0.2) is 79.1 Å². The van der Waals surface area contributed by atoms with E-state index in [0.717, 1.165) is 24.9 Å². The van der Waals surface area contributed by atoms with Gasteiger partial charge in [-0.05, 0) is 48.9 Å². The second-order valence-electron chi connectivity index (χ2n) is 9.81. The lowest BCUT2D eigenvalue weighted by molar-refractivity contribution is -0.159. The van der Waals surface area contributed by atoms with Gasteiger partial charge in [-0.15, -0.1) is 0 Å². The summed E-state index contributed by atoms with van der Waals surface area (Å²) >= 11 is 0. The first kappa shape index (κ1) is 23.9. The van der Waals surface area contributed by atoms with Crippen LogP contribution in [-0.2, 0) is 14.3 Å². The molecule has 1 atom stereocenters. The topological polar surface area (TPSA) is 71.9 Å². The highest BCUT2D eigenvalue weighted by Gasteiger charge is 2.44. The number of rotatable bonds is 5. The molecule has 1 spiro atoms. The van der Waals surface area contributed by atoms with Crippen LogP contribution in [0.5, 0.6) is 0 Å². The fraction of sp³-hybridized carbons (Fsp3) is 0.345. The number of piperidine rings is 1. The van der Waals surface area contributed by atoms with Gasteiger partial charge in [0, 0.05) is 51.1 Å². The van der Waals surface area contributed by atoms with E-state index >= 15 is 0 Å². The second kappa shape index (κ2) is 10.0. The normalized spacial score (nSPS) is 17.7. The van der Waals surface area contributed by atoms with E-state index in [9.17, 15) is 14.4 Å². The average Bonchev–Trinajstić information content (AvgIpc) is 3.58. The summed E-state index contributed by atoms with van der Waals surface area (Å²) < 4.78 is 7.40. The summed E-state index contributed by atoms with van der Waals surface area (Å²) in [4.78, 5) is 42.3. The number of carbonyl (C=O) groups excluding carboxylic acids is 3. The SMILES string of the molecule is CC(=O)OC(C(=O)N1CCC2(CCN(C(=O)c3ccccc3-n3cccc3)CC2)C1)c1ccccc1. The van der Waals surface area contributed by atoms with Crippen LogP contribution in [-0.4, -0.2) is 58.3 Å². The van der Waals surface area contributed by atoms with Crippen molar-refractivity contribution in [1.29, 1.82) is 0 Å². The van der Waals surface area contributed by atoms with Crippen molar-refractivity contribution in [1.82, 2.24) is 14.4 Å². The number of carbonyl (C=O) groups is 3. The molecule has 7 heteroatoms. The molecule has 2 aliphatic rings. The Kier molecular flexibility index (Phi) is 6.63. The summed E-state index contributed by atoms with van der Waals surface area (Å²) in [6, 6.07) is 20.8. The molecular formula is C29H31N3O4. The van der Waals surface area contributed by atoms with E-state index in [1.807, 2.05) is 93.5 Å². The molecule has 3 heterocycles. The molecule has 7 nitrogen and oxygen atoms in total. The molecule has 36 heavy (non-hydrogen) atoms. The van der Waals surface area contributed by atoms with Gasteiger partial charge in [0.15, 0.2) is 0 Å². The molecule has 2 amide bonds. The maximum absolute atomic E-state index is 13.4. The molecule has 0 aliphatic carbocycles. The minimum Gasteiger partial charge on any atom is -0.447 e. The Morgan fingerprint density at radius 1 is 0.806 bits per heavy atom. The van der Waals surface area contributed by atoms with E-state index in [4.69, 9.17) is 4.74 Å². The summed E-state index contributed by atoms with van der Waals surface area (Å²) in [5.41, 5.74) is 2.24. The third-order valence-corrected chi connectivity index (χ3v) is 7.49. The van der Waals surface area contributed by atoms with Crippen LogP contribution >= 0.6 is 0 Å². The standard InChI is InChI=1S/C29H31N3O4/c1-22(33)36-26(23-9-3-2-4-10-23)28(35)32-20-15-29(21-32)13-18-31(19-14-29)27(34)24-11-5-6-12-25(24)30-16-7-8-17-30/h2-12,16-17,26H,13-15,18-21H2,1H3. The quantitative estimate of drug-likeness (QED) is 0.507. The zero-order valence-electron chi connectivity index (χ0n) is 20.5. The van der Waals surface area contributed by atoms with Crippen molar-refractivity contribution in [2.45, 2.75) is 32.3 Å². The minimum atomic E-state index is -0.925. The van der Waals surface area contributed by atoms with Crippen LogP contribution < -0.4 is 0 Å². The van der Waals surface area contributed by atoms with Gasteiger partial charge >= 0.3 is 5.97 Å². The van der Waals surface area contributed by atoms with Crippen LogP contribution in [0, 0.1) is 5.41 Å². The largest absolute Gasteiger partial charge is 0.447 e. The number of amides is 2. The average molecular weight is 486 g/mol. The first-order valence-corrected chi connectivity index (χ1v) is 12.5. The molecule has 3 aromatic rings.